The average molecular weight is 199 g/mol. The van der Waals surface area contributed by atoms with Crippen LogP contribution in [-0.4, -0.2) is 35.2 Å². The number of hydrogen-bond donors (Lipinski definition) is 1. The molecule has 1 aliphatic rings. The van der Waals surface area contributed by atoms with Crippen molar-refractivity contribution in [3.05, 3.63) is 0 Å². The normalized spacial score (nSPS) is 28.7. The van der Waals surface area contributed by atoms with Crippen molar-refractivity contribution in [1.82, 2.24) is 4.90 Å². The van der Waals surface area contributed by atoms with Crippen molar-refractivity contribution in [1.29, 1.82) is 0 Å². The van der Waals surface area contributed by atoms with Gasteiger partial charge in [-0.05, 0) is 45.6 Å². The Morgan fingerprint density at radius 2 is 1.64 bits per heavy atom. The van der Waals surface area contributed by atoms with Crippen LogP contribution < -0.4 is 0 Å². The molecule has 1 aliphatic carbocycles. The molecule has 0 bridgehead atoms. The lowest BCUT2D eigenvalue weighted by atomic mass is 9.91. The lowest BCUT2D eigenvalue weighted by Crippen LogP contribution is -2.42. The van der Waals surface area contributed by atoms with E-state index >= 15 is 0 Å². The van der Waals surface area contributed by atoms with Crippen LogP contribution in [0.25, 0.3) is 0 Å². The SMILES string of the molecule is CCC(CC)N(C)[C@H]1CC[C@H](O)CC1. The van der Waals surface area contributed by atoms with Gasteiger partial charge in [0, 0.05) is 12.1 Å². The Balaban J connectivity index is 2.39. The Morgan fingerprint density at radius 3 is 2.07 bits per heavy atom. The molecule has 84 valence electrons. The third-order valence-electron chi connectivity index (χ3n) is 3.76. The topological polar surface area (TPSA) is 23.5 Å². The van der Waals surface area contributed by atoms with Crippen LogP contribution in [0.5, 0.6) is 0 Å². The zero-order valence-corrected chi connectivity index (χ0v) is 9.87. The van der Waals surface area contributed by atoms with Crippen molar-refractivity contribution in [3.63, 3.8) is 0 Å². The Kier molecular flexibility index (Phi) is 4.90. The fourth-order valence-corrected chi connectivity index (χ4v) is 2.63. The summed E-state index contributed by atoms with van der Waals surface area (Å²) in [5, 5.41) is 9.44. The molecule has 1 fully saturated rings. The van der Waals surface area contributed by atoms with Crippen LogP contribution in [0.15, 0.2) is 0 Å². The van der Waals surface area contributed by atoms with E-state index in [2.05, 4.69) is 25.8 Å². The van der Waals surface area contributed by atoms with Gasteiger partial charge in [-0.15, -0.1) is 0 Å². The second kappa shape index (κ2) is 5.72. The molecule has 0 aliphatic heterocycles. The van der Waals surface area contributed by atoms with Gasteiger partial charge in [-0.1, -0.05) is 13.8 Å². The molecule has 0 saturated heterocycles. The van der Waals surface area contributed by atoms with Crippen molar-refractivity contribution in [2.75, 3.05) is 7.05 Å². The summed E-state index contributed by atoms with van der Waals surface area (Å²) in [6, 6.07) is 1.44. The van der Waals surface area contributed by atoms with Gasteiger partial charge in [0.05, 0.1) is 6.10 Å². The molecule has 1 saturated carbocycles. The molecule has 0 radical (unpaired) electrons. The van der Waals surface area contributed by atoms with Gasteiger partial charge in [0.1, 0.15) is 0 Å². The number of nitrogens with zero attached hydrogens (tertiary/aromatic N) is 1. The Morgan fingerprint density at radius 1 is 1.14 bits per heavy atom. The molecule has 0 aromatic rings. The van der Waals surface area contributed by atoms with E-state index < -0.39 is 0 Å². The molecule has 0 amide bonds. The van der Waals surface area contributed by atoms with Gasteiger partial charge in [0.25, 0.3) is 0 Å². The first-order chi connectivity index (χ1) is 6.69. The molecule has 2 heteroatoms. The molecule has 0 unspecified atom stereocenters. The molecule has 1 rings (SSSR count). The quantitative estimate of drug-likeness (QED) is 0.751. The Hall–Kier alpha value is -0.0800. The van der Waals surface area contributed by atoms with Crippen molar-refractivity contribution in [2.24, 2.45) is 0 Å². The average Bonchev–Trinajstić information content (AvgIpc) is 2.20. The number of aliphatic hydroxyl groups excluding tert-OH is 1. The lowest BCUT2D eigenvalue weighted by molar-refractivity contribution is 0.0648. The second-order valence-electron chi connectivity index (χ2n) is 4.60. The third kappa shape index (κ3) is 2.96. The van der Waals surface area contributed by atoms with E-state index in [4.69, 9.17) is 0 Å². The van der Waals surface area contributed by atoms with Gasteiger partial charge in [0.15, 0.2) is 0 Å². The maximum atomic E-state index is 9.44. The predicted octanol–water partition coefficient (Wildman–Crippen LogP) is 2.41. The van der Waals surface area contributed by atoms with Crippen LogP contribution in [0.1, 0.15) is 52.4 Å². The van der Waals surface area contributed by atoms with Crippen LogP contribution in [0.2, 0.25) is 0 Å². The monoisotopic (exact) mass is 199 g/mol. The first kappa shape index (κ1) is 12.0. The standard InChI is InChI=1S/C12H25NO/c1-4-10(5-2)13(3)11-6-8-12(14)9-7-11/h10-12,14H,4-9H2,1-3H3/t11-,12-. The van der Waals surface area contributed by atoms with E-state index in [-0.39, 0.29) is 6.10 Å². The highest BCUT2D eigenvalue weighted by Crippen LogP contribution is 2.24. The Labute approximate surface area is 88.3 Å². The van der Waals surface area contributed by atoms with E-state index in [0.717, 1.165) is 18.9 Å². The number of hydrogen-bond acceptors (Lipinski definition) is 2. The highest BCUT2D eigenvalue weighted by molar-refractivity contribution is 4.80. The maximum absolute atomic E-state index is 9.44. The van der Waals surface area contributed by atoms with E-state index in [9.17, 15) is 5.11 Å². The van der Waals surface area contributed by atoms with Gasteiger partial charge >= 0.3 is 0 Å². The molecule has 0 spiro atoms. The van der Waals surface area contributed by atoms with Crippen molar-refractivity contribution in [3.8, 4) is 0 Å². The first-order valence-corrected chi connectivity index (χ1v) is 6.09. The highest BCUT2D eigenvalue weighted by atomic mass is 16.3. The number of rotatable bonds is 4. The summed E-state index contributed by atoms with van der Waals surface area (Å²) in [5.41, 5.74) is 0. The zero-order chi connectivity index (χ0) is 10.6. The minimum Gasteiger partial charge on any atom is -0.393 e. The number of aliphatic hydroxyl groups is 1. The summed E-state index contributed by atoms with van der Waals surface area (Å²) in [5.74, 6) is 0. The predicted molar refractivity (Wildman–Crippen MR) is 60.4 cm³/mol. The third-order valence-corrected chi connectivity index (χ3v) is 3.76. The molecular weight excluding hydrogens is 174 g/mol. The summed E-state index contributed by atoms with van der Waals surface area (Å²) >= 11 is 0. The molecule has 2 nitrogen and oxygen atoms in total. The van der Waals surface area contributed by atoms with Crippen LogP contribution in [-0.2, 0) is 0 Å². The molecule has 0 aromatic carbocycles. The van der Waals surface area contributed by atoms with E-state index in [1.807, 2.05) is 0 Å². The minimum absolute atomic E-state index is 0.0265. The second-order valence-corrected chi connectivity index (χ2v) is 4.60. The van der Waals surface area contributed by atoms with Crippen LogP contribution in [0.3, 0.4) is 0 Å². The maximum Gasteiger partial charge on any atom is 0.0541 e. The van der Waals surface area contributed by atoms with Crippen molar-refractivity contribution >= 4 is 0 Å². The summed E-state index contributed by atoms with van der Waals surface area (Å²) in [7, 11) is 2.25. The van der Waals surface area contributed by atoms with Gasteiger partial charge in [-0.25, -0.2) is 0 Å². The molecule has 0 aromatic heterocycles. The van der Waals surface area contributed by atoms with E-state index in [1.54, 1.807) is 0 Å². The highest BCUT2D eigenvalue weighted by Gasteiger charge is 2.25. The van der Waals surface area contributed by atoms with Crippen molar-refractivity contribution < 1.29 is 5.11 Å². The largest absolute Gasteiger partial charge is 0.393 e. The van der Waals surface area contributed by atoms with Gasteiger partial charge in [-0.2, -0.15) is 0 Å². The molecule has 0 heterocycles. The smallest absolute Gasteiger partial charge is 0.0541 e. The fourth-order valence-electron chi connectivity index (χ4n) is 2.63. The summed E-state index contributed by atoms with van der Waals surface area (Å²) in [6.45, 7) is 4.53. The van der Waals surface area contributed by atoms with E-state index in [1.165, 1.54) is 25.7 Å². The molecular formula is C12H25NO. The summed E-state index contributed by atoms with van der Waals surface area (Å²) in [4.78, 5) is 2.53. The van der Waals surface area contributed by atoms with Gasteiger partial charge in [0.2, 0.25) is 0 Å². The molecule has 0 atom stereocenters. The van der Waals surface area contributed by atoms with Gasteiger partial charge < -0.3 is 10.0 Å². The molecule has 14 heavy (non-hydrogen) atoms. The molecule has 1 N–H and O–H groups in total. The summed E-state index contributed by atoms with van der Waals surface area (Å²) < 4.78 is 0. The van der Waals surface area contributed by atoms with E-state index in [0.29, 0.717) is 6.04 Å². The van der Waals surface area contributed by atoms with Crippen LogP contribution in [0.4, 0.5) is 0 Å². The first-order valence-electron chi connectivity index (χ1n) is 6.09. The fraction of sp³-hybridized carbons (Fsp3) is 1.00. The Bertz CT molecular complexity index is 148. The zero-order valence-electron chi connectivity index (χ0n) is 9.87. The van der Waals surface area contributed by atoms with Crippen molar-refractivity contribution in [2.45, 2.75) is 70.6 Å². The van der Waals surface area contributed by atoms with Crippen LogP contribution >= 0.6 is 0 Å². The summed E-state index contributed by atoms with van der Waals surface area (Å²) in [6.07, 6.45) is 6.80. The van der Waals surface area contributed by atoms with Gasteiger partial charge in [-0.3, -0.25) is 0 Å². The van der Waals surface area contributed by atoms with Crippen LogP contribution in [0, 0.1) is 0 Å². The minimum atomic E-state index is -0.0265. The lowest BCUT2D eigenvalue weighted by Gasteiger charge is -2.37.